The molecule has 1 aliphatic heterocycles. The summed E-state index contributed by atoms with van der Waals surface area (Å²) in [6.45, 7) is 3.32. The number of likely N-dealkylation sites (N-methyl/N-ethyl adjacent to an activating group) is 1. The minimum Gasteiger partial charge on any atom is -0.395 e. The zero-order valence-corrected chi connectivity index (χ0v) is 14.4. The third kappa shape index (κ3) is 4.43. The Balaban J connectivity index is 2.00. The standard InChI is InChI=1S/C17H24ClFN2O2/c1-12-5-4-8-21(16(12)11-22)10-17(23)20(2)9-13-14(18)6-3-7-15(13)19/h3,6-7,12,16,22H,4-5,8-11H2,1-2H3. The van der Waals surface area contributed by atoms with E-state index in [2.05, 4.69) is 6.92 Å². The van der Waals surface area contributed by atoms with E-state index in [4.69, 9.17) is 11.6 Å². The second-order valence-electron chi connectivity index (χ2n) is 6.29. The third-order valence-corrected chi connectivity index (χ3v) is 4.99. The molecule has 0 radical (unpaired) electrons. The Morgan fingerprint density at radius 2 is 2.26 bits per heavy atom. The van der Waals surface area contributed by atoms with Crippen LogP contribution >= 0.6 is 11.6 Å². The molecule has 1 N–H and O–H groups in total. The summed E-state index contributed by atoms with van der Waals surface area (Å²) in [4.78, 5) is 16.0. The molecule has 0 saturated carbocycles. The lowest BCUT2D eigenvalue weighted by Crippen LogP contribution is -2.50. The second-order valence-corrected chi connectivity index (χ2v) is 6.70. The molecule has 2 atom stereocenters. The average Bonchev–Trinajstić information content (AvgIpc) is 2.51. The molecule has 4 nitrogen and oxygen atoms in total. The fourth-order valence-corrected chi connectivity index (χ4v) is 3.35. The summed E-state index contributed by atoms with van der Waals surface area (Å²) in [7, 11) is 1.65. The fourth-order valence-electron chi connectivity index (χ4n) is 3.13. The van der Waals surface area contributed by atoms with E-state index in [0.29, 0.717) is 16.5 Å². The number of rotatable bonds is 5. The quantitative estimate of drug-likeness (QED) is 0.894. The van der Waals surface area contributed by atoms with Gasteiger partial charge in [0.15, 0.2) is 0 Å². The molecule has 1 heterocycles. The molecular formula is C17H24ClFN2O2. The number of benzene rings is 1. The summed E-state index contributed by atoms with van der Waals surface area (Å²) in [5, 5.41) is 9.88. The van der Waals surface area contributed by atoms with E-state index < -0.39 is 5.82 Å². The van der Waals surface area contributed by atoms with Crippen molar-refractivity contribution in [3.63, 3.8) is 0 Å². The summed E-state index contributed by atoms with van der Waals surface area (Å²) in [5.41, 5.74) is 0.329. The minimum atomic E-state index is -0.406. The predicted octanol–water partition coefficient (Wildman–Crippen LogP) is 2.53. The zero-order valence-electron chi connectivity index (χ0n) is 13.6. The van der Waals surface area contributed by atoms with Gasteiger partial charge in [-0.2, -0.15) is 0 Å². The van der Waals surface area contributed by atoms with E-state index in [-0.39, 0.29) is 31.6 Å². The van der Waals surface area contributed by atoms with Gasteiger partial charge in [-0.05, 0) is 37.4 Å². The maximum atomic E-state index is 13.8. The Kier molecular flexibility index (Phi) is 6.39. The summed E-state index contributed by atoms with van der Waals surface area (Å²) in [6.07, 6.45) is 2.09. The second kappa shape index (κ2) is 8.08. The lowest BCUT2D eigenvalue weighted by Gasteiger charge is -2.39. The molecule has 1 amide bonds. The van der Waals surface area contributed by atoms with Crippen LogP contribution in [0.5, 0.6) is 0 Å². The summed E-state index contributed by atoms with van der Waals surface area (Å²) in [6, 6.07) is 4.52. The van der Waals surface area contributed by atoms with Crippen LogP contribution in [0.1, 0.15) is 25.3 Å². The number of amides is 1. The van der Waals surface area contributed by atoms with Gasteiger partial charge in [-0.25, -0.2) is 4.39 Å². The average molecular weight is 343 g/mol. The van der Waals surface area contributed by atoms with E-state index in [1.165, 1.54) is 11.0 Å². The lowest BCUT2D eigenvalue weighted by molar-refractivity contribution is -0.133. The number of hydrogen-bond donors (Lipinski definition) is 1. The molecule has 0 spiro atoms. The van der Waals surface area contributed by atoms with Gasteiger partial charge in [0.2, 0.25) is 5.91 Å². The Labute approximate surface area is 141 Å². The van der Waals surface area contributed by atoms with Gasteiger partial charge in [-0.15, -0.1) is 0 Å². The Hall–Kier alpha value is -1.17. The van der Waals surface area contributed by atoms with Crippen LogP contribution in [-0.2, 0) is 11.3 Å². The van der Waals surface area contributed by atoms with Crippen molar-refractivity contribution in [1.29, 1.82) is 0 Å². The highest BCUT2D eigenvalue weighted by Crippen LogP contribution is 2.23. The smallest absolute Gasteiger partial charge is 0.236 e. The van der Waals surface area contributed by atoms with Gasteiger partial charge in [0.1, 0.15) is 5.82 Å². The first-order valence-electron chi connectivity index (χ1n) is 7.95. The first kappa shape index (κ1) is 18.2. The Morgan fingerprint density at radius 3 is 2.91 bits per heavy atom. The number of aliphatic hydroxyl groups excluding tert-OH is 1. The highest BCUT2D eigenvalue weighted by atomic mass is 35.5. The number of aliphatic hydroxyl groups is 1. The number of hydrogen-bond acceptors (Lipinski definition) is 3. The Bertz CT molecular complexity index is 535. The number of nitrogens with zero attached hydrogens (tertiary/aromatic N) is 2. The maximum absolute atomic E-state index is 13.8. The maximum Gasteiger partial charge on any atom is 0.236 e. The van der Waals surface area contributed by atoms with E-state index >= 15 is 0 Å². The topological polar surface area (TPSA) is 43.8 Å². The Morgan fingerprint density at radius 1 is 1.52 bits per heavy atom. The van der Waals surface area contributed by atoms with E-state index in [0.717, 1.165) is 19.4 Å². The van der Waals surface area contributed by atoms with Gasteiger partial charge in [-0.1, -0.05) is 24.6 Å². The van der Waals surface area contributed by atoms with Crippen molar-refractivity contribution < 1.29 is 14.3 Å². The molecule has 6 heteroatoms. The summed E-state index contributed by atoms with van der Waals surface area (Å²) < 4.78 is 13.8. The number of carbonyl (C=O) groups excluding carboxylic acids is 1. The van der Waals surface area contributed by atoms with Gasteiger partial charge in [-0.3, -0.25) is 9.69 Å². The van der Waals surface area contributed by atoms with Crippen LogP contribution in [0.25, 0.3) is 0 Å². The molecule has 2 unspecified atom stereocenters. The number of piperidine rings is 1. The van der Waals surface area contributed by atoms with Crippen molar-refractivity contribution in [2.45, 2.75) is 32.4 Å². The highest BCUT2D eigenvalue weighted by molar-refractivity contribution is 6.31. The van der Waals surface area contributed by atoms with Crippen LogP contribution < -0.4 is 0 Å². The number of likely N-dealkylation sites (tertiary alicyclic amines) is 1. The van der Waals surface area contributed by atoms with Crippen LogP contribution in [0.4, 0.5) is 4.39 Å². The number of carbonyl (C=O) groups is 1. The number of halogens is 2. The first-order valence-corrected chi connectivity index (χ1v) is 8.33. The molecule has 128 valence electrons. The van der Waals surface area contributed by atoms with Gasteiger partial charge < -0.3 is 10.0 Å². The molecule has 1 aromatic rings. The van der Waals surface area contributed by atoms with E-state index in [1.54, 1.807) is 19.2 Å². The van der Waals surface area contributed by atoms with Gasteiger partial charge in [0.05, 0.1) is 13.2 Å². The monoisotopic (exact) mass is 342 g/mol. The molecule has 1 fully saturated rings. The molecule has 1 saturated heterocycles. The SMILES string of the molecule is CC1CCCN(CC(=O)N(C)Cc2c(F)cccc2Cl)C1CO. The molecule has 1 aliphatic rings. The first-order chi connectivity index (χ1) is 10.9. The molecule has 1 aromatic carbocycles. The molecule has 0 aromatic heterocycles. The fraction of sp³-hybridized carbons (Fsp3) is 0.588. The molecular weight excluding hydrogens is 319 g/mol. The van der Waals surface area contributed by atoms with Crippen LogP contribution in [0.15, 0.2) is 18.2 Å². The molecule has 2 rings (SSSR count). The van der Waals surface area contributed by atoms with Gasteiger partial charge in [0.25, 0.3) is 0 Å². The van der Waals surface area contributed by atoms with E-state index in [9.17, 15) is 14.3 Å². The van der Waals surface area contributed by atoms with Crippen molar-refractivity contribution in [3.05, 3.63) is 34.6 Å². The van der Waals surface area contributed by atoms with Crippen molar-refractivity contribution >= 4 is 17.5 Å². The largest absolute Gasteiger partial charge is 0.395 e. The lowest BCUT2D eigenvalue weighted by atomic mass is 9.91. The predicted molar refractivity (Wildman–Crippen MR) is 88.7 cm³/mol. The summed E-state index contributed by atoms with van der Waals surface area (Å²) >= 11 is 6.01. The highest BCUT2D eigenvalue weighted by Gasteiger charge is 2.30. The van der Waals surface area contributed by atoms with Crippen LogP contribution in [-0.4, -0.2) is 53.6 Å². The van der Waals surface area contributed by atoms with Crippen molar-refractivity contribution in [1.82, 2.24) is 9.80 Å². The van der Waals surface area contributed by atoms with Gasteiger partial charge >= 0.3 is 0 Å². The van der Waals surface area contributed by atoms with Crippen molar-refractivity contribution in [2.75, 3.05) is 26.7 Å². The normalized spacial score (nSPS) is 22.1. The zero-order chi connectivity index (χ0) is 17.0. The van der Waals surface area contributed by atoms with E-state index in [1.807, 2.05) is 4.90 Å². The molecule has 23 heavy (non-hydrogen) atoms. The molecule has 0 bridgehead atoms. The van der Waals surface area contributed by atoms with Crippen molar-refractivity contribution in [3.8, 4) is 0 Å². The third-order valence-electron chi connectivity index (χ3n) is 4.64. The summed E-state index contributed by atoms with van der Waals surface area (Å²) in [5.74, 6) is -0.137. The van der Waals surface area contributed by atoms with Crippen LogP contribution in [0, 0.1) is 11.7 Å². The van der Waals surface area contributed by atoms with Crippen LogP contribution in [0.3, 0.4) is 0 Å². The van der Waals surface area contributed by atoms with Crippen molar-refractivity contribution in [2.24, 2.45) is 5.92 Å². The minimum absolute atomic E-state index is 0.0122. The van der Waals surface area contributed by atoms with Gasteiger partial charge in [0, 0.05) is 30.2 Å². The van der Waals surface area contributed by atoms with Crippen LogP contribution in [0.2, 0.25) is 5.02 Å². The molecule has 0 aliphatic carbocycles.